The Hall–Kier alpha value is -0.870. The maximum Gasteiger partial charge on any atom is 0.223 e. The van der Waals surface area contributed by atoms with Gasteiger partial charge in [-0.15, -0.1) is 11.3 Å². The molecule has 1 atom stereocenters. The van der Waals surface area contributed by atoms with Crippen molar-refractivity contribution >= 4 is 17.2 Å². The lowest BCUT2D eigenvalue weighted by atomic mass is 9.81. The van der Waals surface area contributed by atoms with E-state index in [1.165, 1.54) is 4.88 Å². The Morgan fingerprint density at radius 1 is 1.47 bits per heavy atom. The molecule has 1 saturated carbocycles. The van der Waals surface area contributed by atoms with E-state index in [9.17, 15) is 4.79 Å². The van der Waals surface area contributed by atoms with Crippen molar-refractivity contribution in [3.05, 3.63) is 22.4 Å². The third-order valence-electron chi connectivity index (χ3n) is 4.16. The molecule has 0 spiro atoms. The summed E-state index contributed by atoms with van der Waals surface area (Å²) in [7, 11) is 0. The zero-order chi connectivity index (χ0) is 13.7. The van der Waals surface area contributed by atoms with E-state index in [-0.39, 0.29) is 17.9 Å². The lowest BCUT2D eigenvalue weighted by Gasteiger charge is -2.28. The van der Waals surface area contributed by atoms with Crippen LogP contribution in [-0.2, 0) is 4.79 Å². The van der Waals surface area contributed by atoms with Crippen molar-refractivity contribution in [1.29, 1.82) is 0 Å². The largest absolute Gasteiger partial charge is 0.348 e. The van der Waals surface area contributed by atoms with Crippen molar-refractivity contribution in [2.75, 3.05) is 6.54 Å². The van der Waals surface area contributed by atoms with Gasteiger partial charge in [-0.25, -0.2) is 0 Å². The SMILES string of the molecule is CCC(NC(=O)C1CCC(CN)CC1)c1cccs1. The number of amides is 1. The van der Waals surface area contributed by atoms with Crippen molar-refractivity contribution in [3.63, 3.8) is 0 Å². The van der Waals surface area contributed by atoms with Gasteiger partial charge in [0, 0.05) is 10.8 Å². The fourth-order valence-corrected chi connectivity index (χ4v) is 3.68. The summed E-state index contributed by atoms with van der Waals surface area (Å²) in [4.78, 5) is 13.6. The summed E-state index contributed by atoms with van der Waals surface area (Å²) in [6.07, 6.45) is 5.14. The molecule has 3 nitrogen and oxygen atoms in total. The smallest absolute Gasteiger partial charge is 0.223 e. The molecule has 0 bridgehead atoms. The number of hydrogen-bond acceptors (Lipinski definition) is 3. The van der Waals surface area contributed by atoms with Gasteiger partial charge in [-0.05, 0) is 56.0 Å². The summed E-state index contributed by atoms with van der Waals surface area (Å²) < 4.78 is 0. The van der Waals surface area contributed by atoms with Gasteiger partial charge in [-0.1, -0.05) is 13.0 Å². The van der Waals surface area contributed by atoms with Crippen molar-refractivity contribution in [2.24, 2.45) is 17.6 Å². The number of hydrogen-bond donors (Lipinski definition) is 2. The molecule has 0 radical (unpaired) electrons. The highest BCUT2D eigenvalue weighted by Crippen LogP contribution is 2.29. The Balaban J connectivity index is 1.87. The van der Waals surface area contributed by atoms with Crippen LogP contribution in [0, 0.1) is 11.8 Å². The van der Waals surface area contributed by atoms with Gasteiger partial charge in [0.05, 0.1) is 6.04 Å². The summed E-state index contributed by atoms with van der Waals surface area (Å²) in [6.45, 7) is 2.89. The van der Waals surface area contributed by atoms with Crippen LogP contribution in [0.4, 0.5) is 0 Å². The molecule has 1 amide bonds. The normalized spacial score (nSPS) is 24.9. The summed E-state index contributed by atoms with van der Waals surface area (Å²) in [5.41, 5.74) is 5.69. The molecule has 0 aliphatic heterocycles. The molecule has 0 aromatic carbocycles. The third-order valence-corrected chi connectivity index (χ3v) is 5.15. The number of rotatable bonds is 5. The van der Waals surface area contributed by atoms with E-state index in [0.717, 1.165) is 38.6 Å². The minimum atomic E-state index is 0.180. The molecule has 4 heteroatoms. The molecule has 1 aromatic heterocycles. The van der Waals surface area contributed by atoms with Gasteiger partial charge >= 0.3 is 0 Å². The quantitative estimate of drug-likeness (QED) is 0.871. The summed E-state index contributed by atoms with van der Waals surface area (Å²) in [5, 5.41) is 5.28. The van der Waals surface area contributed by atoms with E-state index in [1.54, 1.807) is 11.3 Å². The van der Waals surface area contributed by atoms with Crippen LogP contribution in [0.15, 0.2) is 17.5 Å². The highest BCUT2D eigenvalue weighted by Gasteiger charge is 2.27. The van der Waals surface area contributed by atoms with E-state index in [4.69, 9.17) is 5.73 Å². The number of nitrogens with one attached hydrogen (secondary N) is 1. The van der Waals surface area contributed by atoms with E-state index < -0.39 is 0 Å². The van der Waals surface area contributed by atoms with Crippen molar-refractivity contribution in [2.45, 2.75) is 45.1 Å². The lowest BCUT2D eigenvalue weighted by Crippen LogP contribution is -2.36. The van der Waals surface area contributed by atoms with Gasteiger partial charge in [0.15, 0.2) is 0 Å². The average Bonchev–Trinajstić information content (AvgIpc) is 2.98. The number of carbonyl (C=O) groups is 1. The molecule has 1 aliphatic rings. The Morgan fingerprint density at radius 3 is 2.74 bits per heavy atom. The predicted octanol–water partition coefficient (Wildman–Crippen LogP) is 3.08. The van der Waals surface area contributed by atoms with Gasteiger partial charge in [0.1, 0.15) is 0 Å². The minimum Gasteiger partial charge on any atom is -0.348 e. The van der Waals surface area contributed by atoms with Crippen LogP contribution in [0.5, 0.6) is 0 Å². The molecule has 2 rings (SSSR count). The maximum absolute atomic E-state index is 12.3. The zero-order valence-electron chi connectivity index (χ0n) is 11.6. The second kappa shape index (κ2) is 7.06. The summed E-state index contributed by atoms with van der Waals surface area (Å²) >= 11 is 1.72. The molecule has 1 unspecified atom stereocenters. The fourth-order valence-electron chi connectivity index (χ4n) is 2.81. The van der Waals surface area contributed by atoms with Gasteiger partial charge < -0.3 is 11.1 Å². The second-order valence-electron chi connectivity index (χ2n) is 5.44. The monoisotopic (exact) mass is 280 g/mol. The van der Waals surface area contributed by atoms with Gasteiger partial charge in [-0.2, -0.15) is 0 Å². The maximum atomic E-state index is 12.3. The summed E-state index contributed by atoms with van der Waals surface area (Å²) in [5.74, 6) is 1.05. The lowest BCUT2D eigenvalue weighted by molar-refractivity contribution is -0.127. The Bertz CT molecular complexity index is 383. The number of thiophene rings is 1. The van der Waals surface area contributed by atoms with Crippen LogP contribution >= 0.6 is 11.3 Å². The van der Waals surface area contributed by atoms with E-state index in [0.29, 0.717) is 5.92 Å². The summed E-state index contributed by atoms with van der Waals surface area (Å²) in [6, 6.07) is 4.32. The number of nitrogens with two attached hydrogens (primary N) is 1. The van der Waals surface area contributed by atoms with E-state index in [2.05, 4.69) is 23.7 Å². The Kier molecular flexibility index (Phi) is 5.40. The first-order valence-corrected chi connectivity index (χ1v) is 8.16. The first-order valence-electron chi connectivity index (χ1n) is 7.28. The molecule has 3 N–H and O–H groups in total. The predicted molar refractivity (Wildman–Crippen MR) is 80.0 cm³/mol. The van der Waals surface area contributed by atoms with Crippen molar-refractivity contribution in [3.8, 4) is 0 Å². The van der Waals surface area contributed by atoms with Crippen LogP contribution in [0.1, 0.15) is 49.9 Å². The molecule has 1 fully saturated rings. The molecule has 1 aromatic rings. The number of carbonyl (C=O) groups excluding carboxylic acids is 1. The first kappa shape index (κ1) is 14.5. The Morgan fingerprint density at radius 2 is 2.21 bits per heavy atom. The van der Waals surface area contributed by atoms with Crippen LogP contribution in [-0.4, -0.2) is 12.5 Å². The van der Waals surface area contributed by atoms with Crippen molar-refractivity contribution < 1.29 is 4.79 Å². The third kappa shape index (κ3) is 3.80. The van der Waals surface area contributed by atoms with Crippen LogP contribution < -0.4 is 11.1 Å². The molecule has 106 valence electrons. The highest BCUT2D eigenvalue weighted by atomic mass is 32.1. The molecule has 1 aliphatic carbocycles. The van der Waals surface area contributed by atoms with Gasteiger partial charge in [0.2, 0.25) is 5.91 Å². The topological polar surface area (TPSA) is 55.1 Å². The van der Waals surface area contributed by atoms with Crippen LogP contribution in [0.25, 0.3) is 0 Å². The minimum absolute atomic E-state index is 0.180. The van der Waals surface area contributed by atoms with Crippen LogP contribution in [0.2, 0.25) is 0 Å². The van der Waals surface area contributed by atoms with E-state index in [1.807, 2.05) is 6.07 Å². The molecular formula is C15H24N2OS. The Labute approximate surface area is 119 Å². The molecule has 19 heavy (non-hydrogen) atoms. The molecule has 1 heterocycles. The van der Waals surface area contributed by atoms with Crippen LogP contribution in [0.3, 0.4) is 0 Å². The zero-order valence-corrected chi connectivity index (χ0v) is 12.4. The fraction of sp³-hybridized carbons (Fsp3) is 0.667. The average molecular weight is 280 g/mol. The van der Waals surface area contributed by atoms with Gasteiger partial charge in [-0.3, -0.25) is 4.79 Å². The van der Waals surface area contributed by atoms with Crippen molar-refractivity contribution in [1.82, 2.24) is 5.32 Å². The molecule has 0 saturated heterocycles. The second-order valence-corrected chi connectivity index (χ2v) is 6.42. The van der Waals surface area contributed by atoms with Gasteiger partial charge in [0.25, 0.3) is 0 Å². The van der Waals surface area contributed by atoms with E-state index >= 15 is 0 Å². The standard InChI is InChI=1S/C15H24N2OS/c1-2-13(14-4-3-9-19-14)17-15(18)12-7-5-11(10-16)6-8-12/h3-4,9,11-13H,2,5-8,10,16H2,1H3,(H,17,18). The first-order chi connectivity index (χ1) is 9.24. The highest BCUT2D eigenvalue weighted by molar-refractivity contribution is 7.10. The molecular weight excluding hydrogens is 256 g/mol.